The number of hydrogen-bond acceptors (Lipinski definition) is 4. The van der Waals surface area contributed by atoms with Crippen molar-refractivity contribution < 1.29 is 14.9 Å². The number of aromatic nitrogens is 1. The van der Waals surface area contributed by atoms with Crippen LogP contribution in [0.4, 0.5) is 0 Å². The second-order valence-electron chi connectivity index (χ2n) is 3.96. The Labute approximate surface area is 106 Å². The van der Waals surface area contributed by atoms with Crippen LogP contribution in [0.15, 0.2) is 36.5 Å². The van der Waals surface area contributed by atoms with Crippen LogP contribution in [-0.4, -0.2) is 15.2 Å². The minimum absolute atomic E-state index is 0.0886. The molecule has 0 amide bonds. The topological polar surface area (TPSA) is 62.6 Å². The summed E-state index contributed by atoms with van der Waals surface area (Å²) in [6.07, 6.45) is 1.59. The summed E-state index contributed by atoms with van der Waals surface area (Å²) in [6, 6.07) is 9.01. The first kappa shape index (κ1) is 12.5. The molecule has 18 heavy (non-hydrogen) atoms. The Morgan fingerprint density at radius 1 is 1.06 bits per heavy atom. The zero-order chi connectivity index (χ0) is 13.0. The maximum Gasteiger partial charge on any atom is 0.136 e. The van der Waals surface area contributed by atoms with Crippen LogP contribution < -0.4 is 4.74 Å². The predicted octanol–water partition coefficient (Wildman–Crippen LogP) is 2.17. The van der Waals surface area contributed by atoms with Crippen LogP contribution in [0.25, 0.3) is 0 Å². The molecule has 1 heterocycles. The van der Waals surface area contributed by atoms with Crippen LogP contribution >= 0.6 is 0 Å². The molecule has 1 aromatic carbocycles. The van der Waals surface area contributed by atoms with E-state index in [0.29, 0.717) is 22.6 Å². The Hall–Kier alpha value is -1.91. The third kappa shape index (κ3) is 2.67. The highest BCUT2D eigenvalue weighted by Crippen LogP contribution is 2.28. The van der Waals surface area contributed by atoms with Gasteiger partial charge in [0.05, 0.1) is 13.2 Å². The van der Waals surface area contributed by atoms with Crippen molar-refractivity contribution in [1.82, 2.24) is 4.98 Å². The Morgan fingerprint density at radius 2 is 1.78 bits per heavy atom. The Balaban J connectivity index is 2.36. The smallest absolute Gasteiger partial charge is 0.136 e. The lowest BCUT2D eigenvalue weighted by atomic mass is 10.2. The summed E-state index contributed by atoms with van der Waals surface area (Å²) in [5, 5.41) is 18.5. The van der Waals surface area contributed by atoms with Gasteiger partial charge in [0, 0.05) is 29.1 Å². The fourth-order valence-corrected chi connectivity index (χ4v) is 1.63. The number of para-hydroxylation sites is 1. The Morgan fingerprint density at radius 3 is 2.50 bits per heavy atom. The molecule has 0 saturated heterocycles. The van der Waals surface area contributed by atoms with Gasteiger partial charge >= 0.3 is 0 Å². The van der Waals surface area contributed by atoms with Gasteiger partial charge in [0.15, 0.2) is 0 Å². The summed E-state index contributed by atoms with van der Waals surface area (Å²) in [4.78, 5) is 4.11. The summed E-state index contributed by atoms with van der Waals surface area (Å²) in [5.41, 5.74) is 2.13. The molecule has 0 radical (unpaired) electrons. The standard InChI is InChI=1S/C14H15NO3/c1-10-6-14(12(9-17)7-15-10)18-13-5-3-2-4-11(13)8-16/h2-7,16-17H,8-9H2,1H3. The number of pyridine rings is 1. The molecule has 0 unspecified atom stereocenters. The molecule has 0 saturated carbocycles. The van der Waals surface area contributed by atoms with Crippen molar-refractivity contribution in [3.63, 3.8) is 0 Å². The van der Waals surface area contributed by atoms with Crippen LogP contribution in [0, 0.1) is 6.92 Å². The maximum absolute atomic E-state index is 9.24. The van der Waals surface area contributed by atoms with Crippen molar-refractivity contribution >= 4 is 0 Å². The highest BCUT2D eigenvalue weighted by atomic mass is 16.5. The van der Waals surface area contributed by atoms with Crippen LogP contribution in [0.1, 0.15) is 16.8 Å². The van der Waals surface area contributed by atoms with Crippen LogP contribution in [0.5, 0.6) is 11.5 Å². The molecule has 94 valence electrons. The van der Waals surface area contributed by atoms with Crippen molar-refractivity contribution in [3.8, 4) is 11.5 Å². The molecular formula is C14H15NO3. The lowest BCUT2D eigenvalue weighted by Gasteiger charge is -2.12. The summed E-state index contributed by atoms with van der Waals surface area (Å²) in [6.45, 7) is 1.63. The Bertz CT molecular complexity index is 540. The van der Waals surface area contributed by atoms with E-state index >= 15 is 0 Å². The Kier molecular flexibility index (Phi) is 3.92. The van der Waals surface area contributed by atoms with Gasteiger partial charge in [-0.3, -0.25) is 4.98 Å². The molecule has 0 atom stereocenters. The normalized spacial score (nSPS) is 10.4. The molecule has 0 bridgehead atoms. The van der Waals surface area contributed by atoms with E-state index in [1.54, 1.807) is 24.4 Å². The first-order valence-electron chi connectivity index (χ1n) is 5.67. The van der Waals surface area contributed by atoms with E-state index in [-0.39, 0.29) is 13.2 Å². The van der Waals surface area contributed by atoms with Gasteiger partial charge in [-0.05, 0) is 13.0 Å². The fraction of sp³-hybridized carbons (Fsp3) is 0.214. The molecule has 4 heteroatoms. The summed E-state index contributed by atoms with van der Waals surface area (Å²) < 4.78 is 5.74. The number of aryl methyl sites for hydroxylation is 1. The van der Waals surface area contributed by atoms with Gasteiger partial charge in [0.2, 0.25) is 0 Å². The number of rotatable bonds is 4. The number of aliphatic hydroxyl groups excluding tert-OH is 2. The highest BCUT2D eigenvalue weighted by molar-refractivity contribution is 5.40. The van der Waals surface area contributed by atoms with E-state index < -0.39 is 0 Å². The average Bonchev–Trinajstić information content (AvgIpc) is 2.40. The first-order chi connectivity index (χ1) is 8.74. The van der Waals surface area contributed by atoms with Crippen LogP contribution in [0.3, 0.4) is 0 Å². The maximum atomic E-state index is 9.24. The molecule has 1 aromatic heterocycles. The molecule has 0 fully saturated rings. The quantitative estimate of drug-likeness (QED) is 0.866. The minimum atomic E-state index is -0.135. The van der Waals surface area contributed by atoms with Crippen LogP contribution in [-0.2, 0) is 13.2 Å². The van der Waals surface area contributed by atoms with E-state index in [1.807, 2.05) is 19.1 Å². The van der Waals surface area contributed by atoms with Crippen LogP contribution in [0.2, 0.25) is 0 Å². The summed E-state index contributed by atoms with van der Waals surface area (Å²) in [7, 11) is 0. The molecule has 0 aliphatic carbocycles. The van der Waals surface area contributed by atoms with E-state index in [4.69, 9.17) is 4.74 Å². The van der Waals surface area contributed by atoms with Gasteiger partial charge in [-0.15, -0.1) is 0 Å². The molecule has 2 aromatic rings. The summed E-state index contributed by atoms with van der Waals surface area (Å²) >= 11 is 0. The molecule has 4 nitrogen and oxygen atoms in total. The SMILES string of the molecule is Cc1cc(Oc2ccccc2CO)c(CO)cn1. The molecule has 0 spiro atoms. The second kappa shape index (κ2) is 5.62. The zero-order valence-corrected chi connectivity index (χ0v) is 10.1. The van der Waals surface area contributed by atoms with Crippen molar-refractivity contribution in [2.24, 2.45) is 0 Å². The molecular weight excluding hydrogens is 230 g/mol. The fourth-order valence-electron chi connectivity index (χ4n) is 1.63. The van der Waals surface area contributed by atoms with E-state index in [9.17, 15) is 10.2 Å². The van der Waals surface area contributed by atoms with Gasteiger partial charge in [-0.1, -0.05) is 18.2 Å². The second-order valence-corrected chi connectivity index (χ2v) is 3.96. The molecule has 0 aliphatic rings. The molecule has 2 N–H and O–H groups in total. The van der Waals surface area contributed by atoms with Crippen molar-refractivity contribution in [3.05, 3.63) is 53.3 Å². The van der Waals surface area contributed by atoms with Gasteiger partial charge in [0.25, 0.3) is 0 Å². The minimum Gasteiger partial charge on any atom is -0.456 e. The van der Waals surface area contributed by atoms with Crippen molar-refractivity contribution in [2.45, 2.75) is 20.1 Å². The van der Waals surface area contributed by atoms with Crippen molar-refractivity contribution in [1.29, 1.82) is 0 Å². The van der Waals surface area contributed by atoms with Gasteiger partial charge < -0.3 is 14.9 Å². The van der Waals surface area contributed by atoms with E-state index in [1.165, 1.54) is 0 Å². The summed E-state index contributed by atoms with van der Waals surface area (Å²) in [5.74, 6) is 1.14. The third-order valence-corrected chi connectivity index (χ3v) is 2.61. The number of nitrogens with zero attached hydrogens (tertiary/aromatic N) is 1. The van der Waals surface area contributed by atoms with E-state index in [0.717, 1.165) is 5.69 Å². The molecule has 0 aliphatic heterocycles. The van der Waals surface area contributed by atoms with Crippen molar-refractivity contribution in [2.75, 3.05) is 0 Å². The predicted molar refractivity (Wildman–Crippen MR) is 67.3 cm³/mol. The third-order valence-electron chi connectivity index (χ3n) is 2.61. The monoisotopic (exact) mass is 245 g/mol. The highest BCUT2D eigenvalue weighted by Gasteiger charge is 2.08. The number of aliphatic hydroxyl groups is 2. The lowest BCUT2D eigenvalue weighted by Crippen LogP contribution is -1.97. The number of benzene rings is 1. The average molecular weight is 245 g/mol. The lowest BCUT2D eigenvalue weighted by molar-refractivity contribution is 0.270. The van der Waals surface area contributed by atoms with Gasteiger partial charge in [-0.2, -0.15) is 0 Å². The first-order valence-corrected chi connectivity index (χ1v) is 5.67. The number of ether oxygens (including phenoxy) is 1. The molecule has 2 rings (SSSR count). The van der Waals surface area contributed by atoms with Gasteiger partial charge in [-0.25, -0.2) is 0 Å². The number of hydrogen-bond donors (Lipinski definition) is 2. The van der Waals surface area contributed by atoms with E-state index in [2.05, 4.69) is 4.98 Å². The largest absolute Gasteiger partial charge is 0.456 e. The zero-order valence-electron chi connectivity index (χ0n) is 10.1. The van der Waals surface area contributed by atoms with Gasteiger partial charge in [0.1, 0.15) is 11.5 Å².